The Morgan fingerprint density at radius 1 is 1.14 bits per heavy atom. The molecule has 1 amide bonds. The van der Waals surface area contributed by atoms with E-state index < -0.39 is 0 Å². The van der Waals surface area contributed by atoms with Gasteiger partial charge in [-0.3, -0.25) is 9.69 Å². The van der Waals surface area contributed by atoms with Gasteiger partial charge in [0.15, 0.2) is 5.82 Å². The second-order valence-electron chi connectivity index (χ2n) is 8.58. The van der Waals surface area contributed by atoms with E-state index in [2.05, 4.69) is 30.2 Å². The Hall–Kier alpha value is -3.44. The zero-order chi connectivity index (χ0) is 25.7. The molecule has 3 heterocycles. The van der Waals surface area contributed by atoms with Crippen LogP contribution in [0.4, 0.5) is 11.6 Å². The maximum atomic E-state index is 11.5. The Morgan fingerprint density at radius 2 is 1.92 bits per heavy atom. The Kier molecular flexibility index (Phi) is 8.21. The summed E-state index contributed by atoms with van der Waals surface area (Å²) in [5.41, 5.74) is 0.646. The van der Waals surface area contributed by atoms with Crippen molar-refractivity contribution in [3.05, 3.63) is 29.7 Å². The molecular formula is C24H30ClN7O4. The number of nitrogens with one attached hydrogen (secondary N) is 1. The van der Waals surface area contributed by atoms with Crippen molar-refractivity contribution in [2.75, 3.05) is 51.8 Å². The number of halogens is 1. The van der Waals surface area contributed by atoms with E-state index in [4.69, 9.17) is 25.8 Å². The number of ether oxygens (including phenoxy) is 3. The monoisotopic (exact) mass is 515 g/mol. The van der Waals surface area contributed by atoms with Crippen molar-refractivity contribution in [2.24, 2.45) is 0 Å². The minimum atomic E-state index is -0.0863. The van der Waals surface area contributed by atoms with Crippen LogP contribution in [0.2, 0.25) is 5.02 Å². The summed E-state index contributed by atoms with van der Waals surface area (Å²) < 4.78 is 17.3. The van der Waals surface area contributed by atoms with Crippen molar-refractivity contribution in [1.82, 2.24) is 29.7 Å². The van der Waals surface area contributed by atoms with Gasteiger partial charge in [0, 0.05) is 51.8 Å². The predicted molar refractivity (Wildman–Crippen MR) is 136 cm³/mol. The summed E-state index contributed by atoms with van der Waals surface area (Å²) in [6.45, 7) is 9.92. The maximum Gasteiger partial charge on any atom is 0.318 e. The molecule has 0 atom stereocenters. The lowest BCUT2D eigenvalue weighted by Crippen LogP contribution is -2.48. The highest BCUT2D eigenvalue weighted by atomic mass is 35.5. The number of carbonyl (C=O) groups excluding carboxylic acids is 1. The first-order chi connectivity index (χ1) is 17.3. The standard InChI is InChI=1S/C24H30ClN7O4/c1-15(2)36-20-12-17(35-10-9-31-5-7-32(8-6-31)16(3)33)11-19-21(20)23(28-14-27-19)29-22-18(25)13-26-24(30-22)34-4/h11-15H,5-10H2,1-4H3,(H,26,27,28,29,30). The summed E-state index contributed by atoms with van der Waals surface area (Å²) in [4.78, 5) is 32.8. The van der Waals surface area contributed by atoms with E-state index >= 15 is 0 Å². The Morgan fingerprint density at radius 3 is 2.61 bits per heavy atom. The van der Waals surface area contributed by atoms with Crippen molar-refractivity contribution in [3.8, 4) is 17.5 Å². The number of aromatic nitrogens is 4. The molecular weight excluding hydrogens is 486 g/mol. The Balaban J connectivity index is 1.54. The average molecular weight is 516 g/mol. The van der Waals surface area contributed by atoms with E-state index in [0.717, 1.165) is 32.7 Å². The lowest BCUT2D eigenvalue weighted by atomic mass is 10.2. The summed E-state index contributed by atoms with van der Waals surface area (Å²) in [5.74, 6) is 2.17. The molecule has 192 valence electrons. The van der Waals surface area contributed by atoms with E-state index in [0.29, 0.717) is 45.7 Å². The first kappa shape index (κ1) is 25.6. The largest absolute Gasteiger partial charge is 0.492 e. The van der Waals surface area contributed by atoms with Gasteiger partial charge in [-0.2, -0.15) is 4.98 Å². The Bertz CT molecular complexity index is 1220. The number of nitrogens with zero attached hydrogens (tertiary/aromatic N) is 6. The molecule has 1 aromatic carbocycles. The normalized spacial score (nSPS) is 14.2. The number of amides is 1. The minimum Gasteiger partial charge on any atom is -0.492 e. The molecule has 1 N–H and O–H groups in total. The van der Waals surface area contributed by atoms with Gasteiger partial charge >= 0.3 is 6.01 Å². The SMILES string of the molecule is COc1ncc(Cl)c(Nc2ncnc3cc(OCCN4CCN(C(C)=O)CC4)cc(OC(C)C)c23)n1. The van der Waals surface area contributed by atoms with Crippen LogP contribution in [0.1, 0.15) is 20.8 Å². The topological polar surface area (TPSA) is 115 Å². The van der Waals surface area contributed by atoms with Gasteiger partial charge in [0.2, 0.25) is 5.91 Å². The van der Waals surface area contributed by atoms with Crippen LogP contribution in [0, 0.1) is 0 Å². The number of methoxy groups -OCH3 is 1. The van der Waals surface area contributed by atoms with Crippen LogP contribution in [0.3, 0.4) is 0 Å². The molecule has 0 unspecified atom stereocenters. The summed E-state index contributed by atoms with van der Waals surface area (Å²) in [5, 5.41) is 4.14. The van der Waals surface area contributed by atoms with Gasteiger partial charge in [0.25, 0.3) is 0 Å². The second-order valence-corrected chi connectivity index (χ2v) is 8.99. The van der Waals surface area contributed by atoms with Gasteiger partial charge in [-0.25, -0.2) is 15.0 Å². The molecule has 0 aliphatic carbocycles. The molecule has 1 aliphatic rings. The number of rotatable bonds is 9. The number of carbonyl (C=O) groups is 1. The van der Waals surface area contributed by atoms with Crippen molar-refractivity contribution in [1.29, 1.82) is 0 Å². The van der Waals surface area contributed by atoms with E-state index in [-0.39, 0.29) is 18.0 Å². The summed E-state index contributed by atoms with van der Waals surface area (Å²) in [7, 11) is 1.48. The lowest BCUT2D eigenvalue weighted by Gasteiger charge is -2.34. The summed E-state index contributed by atoms with van der Waals surface area (Å²) >= 11 is 6.29. The number of hydrogen-bond donors (Lipinski definition) is 1. The van der Waals surface area contributed by atoms with E-state index in [9.17, 15) is 4.79 Å². The molecule has 0 saturated carbocycles. The van der Waals surface area contributed by atoms with Gasteiger partial charge in [-0.1, -0.05) is 11.6 Å². The third kappa shape index (κ3) is 6.21. The van der Waals surface area contributed by atoms with Crippen molar-refractivity contribution >= 4 is 40.0 Å². The quantitative estimate of drug-likeness (QED) is 0.455. The van der Waals surface area contributed by atoms with E-state index in [1.807, 2.05) is 30.9 Å². The van der Waals surface area contributed by atoms with Gasteiger partial charge in [-0.15, -0.1) is 0 Å². The Labute approximate surface area is 214 Å². The van der Waals surface area contributed by atoms with Crippen molar-refractivity contribution in [3.63, 3.8) is 0 Å². The molecule has 1 aliphatic heterocycles. The van der Waals surface area contributed by atoms with Gasteiger partial charge in [0.1, 0.15) is 35.3 Å². The predicted octanol–water partition coefficient (Wildman–Crippen LogP) is 3.16. The molecule has 1 saturated heterocycles. The minimum absolute atomic E-state index is 0.0863. The third-order valence-electron chi connectivity index (χ3n) is 5.67. The highest BCUT2D eigenvalue weighted by Crippen LogP contribution is 2.36. The molecule has 0 spiro atoms. The fourth-order valence-electron chi connectivity index (χ4n) is 3.88. The van der Waals surface area contributed by atoms with Crippen LogP contribution in [0.25, 0.3) is 10.9 Å². The molecule has 4 rings (SSSR count). The van der Waals surface area contributed by atoms with Gasteiger partial charge in [0.05, 0.1) is 30.3 Å². The van der Waals surface area contributed by atoms with Gasteiger partial charge < -0.3 is 24.4 Å². The van der Waals surface area contributed by atoms with Crippen LogP contribution >= 0.6 is 11.6 Å². The summed E-state index contributed by atoms with van der Waals surface area (Å²) in [6, 6.07) is 3.87. The zero-order valence-electron chi connectivity index (χ0n) is 20.8. The second kappa shape index (κ2) is 11.5. The molecule has 2 aromatic heterocycles. The number of benzene rings is 1. The molecule has 11 nitrogen and oxygen atoms in total. The first-order valence-electron chi connectivity index (χ1n) is 11.7. The van der Waals surface area contributed by atoms with E-state index in [1.54, 1.807) is 6.92 Å². The fraction of sp³-hybridized carbons (Fsp3) is 0.458. The molecule has 12 heteroatoms. The fourth-order valence-corrected chi connectivity index (χ4v) is 4.02. The summed E-state index contributed by atoms with van der Waals surface area (Å²) in [6.07, 6.45) is 2.82. The lowest BCUT2D eigenvalue weighted by molar-refractivity contribution is -0.130. The van der Waals surface area contributed by atoms with E-state index in [1.165, 1.54) is 19.6 Å². The smallest absolute Gasteiger partial charge is 0.318 e. The van der Waals surface area contributed by atoms with Crippen molar-refractivity contribution < 1.29 is 19.0 Å². The number of anilines is 2. The van der Waals surface area contributed by atoms with Crippen LogP contribution in [-0.4, -0.2) is 88.2 Å². The highest BCUT2D eigenvalue weighted by molar-refractivity contribution is 6.33. The first-order valence-corrected chi connectivity index (χ1v) is 12.1. The van der Waals surface area contributed by atoms with Crippen molar-refractivity contribution in [2.45, 2.75) is 26.9 Å². The third-order valence-corrected chi connectivity index (χ3v) is 5.95. The molecule has 0 radical (unpaired) electrons. The number of hydrogen-bond acceptors (Lipinski definition) is 10. The van der Waals surface area contributed by atoms with Gasteiger partial charge in [-0.05, 0) is 13.8 Å². The molecule has 1 fully saturated rings. The van der Waals surface area contributed by atoms with Crippen LogP contribution in [0.5, 0.6) is 17.5 Å². The number of piperazine rings is 1. The molecule has 36 heavy (non-hydrogen) atoms. The zero-order valence-corrected chi connectivity index (χ0v) is 21.6. The van der Waals surface area contributed by atoms with Crippen LogP contribution in [-0.2, 0) is 4.79 Å². The molecule has 3 aromatic rings. The van der Waals surface area contributed by atoms with Crippen LogP contribution < -0.4 is 19.5 Å². The number of fused-ring (bicyclic) bond motifs is 1. The molecule has 0 bridgehead atoms. The maximum absolute atomic E-state index is 11.5. The van der Waals surface area contributed by atoms with Crippen LogP contribution in [0.15, 0.2) is 24.7 Å². The highest BCUT2D eigenvalue weighted by Gasteiger charge is 2.19. The average Bonchev–Trinajstić information content (AvgIpc) is 2.85.